The minimum atomic E-state index is -0.0881. The third kappa shape index (κ3) is 3.62. The second-order valence-corrected chi connectivity index (χ2v) is 5.98. The van der Waals surface area contributed by atoms with Gasteiger partial charge in [0.2, 0.25) is 0 Å². The van der Waals surface area contributed by atoms with E-state index in [1.54, 1.807) is 18.2 Å². The molecule has 1 N–H and O–H groups in total. The van der Waals surface area contributed by atoms with Crippen LogP contribution >= 0.6 is 0 Å². The minimum Gasteiger partial charge on any atom is -0.456 e. The molecule has 0 bridgehead atoms. The van der Waals surface area contributed by atoms with E-state index in [0.29, 0.717) is 22.6 Å². The molecule has 0 unspecified atom stereocenters. The van der Waals surface area contributed by atoms with E-state index >= 15 is 0 Å². The summed E-state index contributed by atoms with van der Waals surface area (Å²) in [6, 6.07) is 15.1. The maximum absolute atomic E-state index is 9.16. The van der Waals surface area contributed by atoms with Crippen molar-refractivity contribution in [3.63, 3.8) is 0 Å². The summed E-state index contributed by atoms with van der Waals surface area (Å²) < 4.78 is 5.76. The first-order valence-electron chi connectivity index (χ1n) is 6.86. The number of hydrogen-bond donors (Lipinski definition) is 1. The van der Waals surface area contributed by atoms with E-state index in [2.05, 4.69) is 26.8 Å². The van der Waals surface area contributed by atoms with Crippen molar-refractivity contribution in [1.29, 1.82) is 5.26 Å². The molecule has 0 aliphatic carbocycles. The standard InChI is InChI=1S/C18H19NO2/c1-18(2,3)15-5-7-16(8-6-15)21-17-9-4-13(12-20)10-14(17)11-19/h4-10,20H,12H2,1-3H3. The number of aliphatic hydroxyl groups excluding tert-OH is 1. The van der Waals surface area contributed by atoms with E-state index in [9.17, 15) is 0 Å². The molecular weight excluding hydrogens is 262 g/mol. The van der Waals surface area contributed by atoms with Gasteiger partial charge < -0.3 is 9.84 Å². The summed E-state index contributed by atoms with van der Waals surface area (Å²) in [5.74, 6) is 1.19. The first-order chi connectivity index (χ1) is 9.94. The lowest BCUT2D eigenvalue weighted by Crippen LogP contribution is -2.10. The third-order valence-corrected chi connectivity index (χ3v) is 3.30. The summed E-state index contributed by atoms with van der Waals surface area (Å²) in [4.78, 5) is 0. The zero-order valence-electron chi connectivity index (χ0n) is 12.6. The van der Waals surface area contributed by atoms with Gasteiger partial charge in [-0.25, -0.2) is 0 Å². The molecule has 2 aromatic carbocycles. The van der Waals surface area contributed by atoms with Crippen molar-refractivity contribution in [2.24, 2.45) is 0 Å². The van der Waals surface area contributed by atoms with Crippen molar-refractivity contribution in [3.05, 3.63) is 59.2 Å². The number of nitrogens with zero attached hydrogens (tertiary/aromatic N) is 1. The molecule has 108 valence electrons. The zero-order chi connectivity index (χ0) is 15.5. The van der Waals surface area contributed by atoms with Crippen LogP contribution in [0.4, 0.5) is 0 Å². The largest absolute Gasteiger partial charge is 0.456 e. The third-order valence-electron chi connectivity index (χ3n) is 3.30. The summed E-state index contributed by atoms with van der Waals surface area (Å²) in [6.07, 6.45) is 0. The van der Waals surface area contributed by atoms with Gasteiger partial charge in [0.05, 0.1) is 12.2 Å². The molecule has 0 aromatic heterocycles. The number of benzene rings is 2. The van der Waals surface area contributed by atoms with Gasteiger partial charge in [-0.1, -0.05) is 39.0 Å². The van der Waals surface area contributed by atoms with Gasteiger partial charge >= 0.3 is 0 Å². The molecule has 0 aliphatic rings. The number of rotatable bonds is 3. The lowest BCUT2D eigenvalue weighted by Gasteiger charge is -2.19. The molecule has 0 aliphatic heterocycles. The van der Waals surface area contributed by atoms with Crippen molar-refractivity contribution in [3.8, 4) is 17.6 Å². The van der Waals surface area contributed by atoms with Crippen molar-refractivity contribution in [2.45, 2.75) is 32.8 Å². The molecule has 3 nitrogen and oxygen atoms in total. The molecule has 0 spiro atoms. The molecule has 2 aromatic rings. The summed E-state index contributed by atoms with van der Waals surface area (Å²) in [7, 11) is 0. The molecule has 2 rings (SSSR count). The van der Waals surface area contributed by atoms with Gasteiger partial charge in [0.1, 0.15) is 17.6 Å². The Morgan fingerprint density at radius 2 is 1.76 bits per heavy atom. The van der Waals surface area contributed by atoms with Gasteiger partial charge in [0, 0.05) is 0 Å². The zero-order valence-corrected chi connectivity index (χ0v) is 12.6. The Kier molecular flexibility index (Phi) is 4.30. The average molecular weight is 281 g/mol. The number of aliphatic hydroxyl groups is 1. The van der Waals surface area contributed by atoms with Crippen molar-refractivity contribution in [2.75, 3.05) is 0 Å². The smallest absolute Gasteiger partial charge is 0.145 e. The van der Waals surface area contributed by atoms with E-state index < -0.39 is 0 Å². The van der Waals surface area contributed by atoms with Crippen molar-refractivity contribution in [1.82, 2.24) is 0 Å². The van der Waals surface area contributed by atoms with Crippen LogP contribution < -0.4 is 4.74 Å². The van der Waals surface area contributed by atoms with Crippen LogP contribution in [0.2, 0.25) is 0 Å². The Labute approximate surface area is 125 Å². The van der Waals surface area contributed by atoms with Gasteiger partial charge in [-0.05, 0) is 40.8 Å². The first-order valence-corrected chi connectivity index (χ1v) is 6.86. The maximum Gasteiger partial charge on any atom is 0.145 e. The first kappa shape index (κ1) is 15.1. The second kappa shape index (κ2) is 5.99. The average Bonchev–Trinajstić information content (AvgIpc) is 2.47. The lowest BCUT2D eigenvalue weighted by atomic mass is 9.87. The Bertz CT molecular complexity index is 661. The summed E-state index contributed by atoms with van der Waals surface area (Å²) in [5.41, 5.74) is 2.44. The molecule has 0 heterocycles. The second-order valence-electron chi connectivity index (χ2n) is 5.98. The highest BCUT2D eigenvalue weighted by molar-refractivity contribution is 5.47. The van der Waals surface area contributed by atoms with Crippen LogP contribution in [-0.4, -0.2) is 5.11 Å². The predicted octanol–water partition coefficient (Wildman–Crippen LogP) is 4.14. The van der Waals surface area contributed by atoms with E-state index in [1.807, 2.05) is 24.3 Å². The van der Waals surface area contributed by atoms with Crippen LogP contribution in [0.1, 0.15) is 37.5 Å². The molecule has 0 saturated carbocycles. The van der Waals surface area contributed by atoms with E-state index in [0.717, 1.165) is 0 Å². The van der Waals surface area contributed by atoms with Crippen LogP contribution in [0, 0.1) is 11.3 Å². The Morgan fingerprint density at radius 3 is 2.29 bits per heavy atom. The van der Waals surface area contributed by atoms with Crippen molar-refractivity contribution >= 4 is 0 Å². The Hall–Kier alpha value is -2.31. The normalized spacial score (nSPS) is 11.0. The fourth-order valence-electron chi connectivity index (χ4n) is 2.00. The quantitative estimate of drug-likeness (QED) is 0.919. The fraction of sp³-hybridized carbons (Fsp3) is 0.278. The van der Waals surface area contributed by atoms with Gasteiger partial charge in [-0.2, -0.15) is 5.26 Å². The van der Waals surface area contributed by atoms with E-state index in [-0.39, 0.29) is 12.0 Å². The molecule has 0 radical (unpaired) electrons. The van der Waals surface area contributed by atoms with Gasteiger partial charge in [0.25, 0.3) is 0 Å². The minimum absolute atomic E-state index is 0.0881. The van der Waals surface area contributed by atoms with E-state index in [1.165, 1.54) is 5.56 Å². The highest BCUT2D eigenvalue weighted by Crippen LogP contribution is 2.29. The molecule has 0 amide bonds. The molecule has 0 saturated heterocycles. The predicted molar refractivity (Wildman–Crippen MR) is 82.3 cm³/mol. The fourth-order valence-corrected chi connectivity index (χ4v) is 2.00. The molecule has 21 heavy (non-hydrogen) atoms. The van der Waals surface area contributed by atoms with Crippen LogP contribution in [0.5, 0.6) is 11.5 Å². The number of nitriles is 1. The lowest BCUT2D eigenvalue weighted by molar-refractivity contribution is 0.281. The van der Waals surface area contributed by atoms with Gasteiger partial charge in [0.15, 0.2) is 0 Å². The van der Waals surface area contributed by atoms with Crippen molar-refractivity contribution < 1.29 is 9.84 Å². The maximum atomic E-state index is 9.16. The van der Waals surface area contributed by atoms with Gasteiger partial charge in [-0.15, -0.1) is 0 Å². The van der Waals surface area contributed by atoms with Gasteiger partial charge in [-0.3, -0.25) is 0 Å². The molecule has 3 heteroatoms. The van der Waals surface area contributed by atoms with Crippen LogP contribution in [0.3, 0.4) is 0 Å². The summed E-state index contributed by atoms with van der Waals surface area (Å²) in [6.45, 7) is 6.38. The highest BCUT2D eigenvalue weighted by Gasteiger charge is 2.13. The topological polar surface area (TPSA) is 53.2 Å². The Balaban J connectivity index is 2.25. The summed E-state index contributed by atoms with van der Waals surface area (Å²) >= 11 is 0. The van der Waals surface area contributed by atoms with Crippen LogP contribution in [-0.2, 0) is 12.0 Å². The molecule has 0 fully saturated rings. The van der Waals surface area contributed by atoms with Crippen LogP contribution in [0.25, 0.3) is 0 Å². The van der Waals surface area contributed by atoms with E-state index in [4.69, 9.17) is 15.1 Å². The SMILES string of the molecule is CC(C)(C)c1ccc(Oc2ccc(CO)cc2C#N)cc1. The summed E-state index contributed by atoms with van der Waals surface area (Å²) in [5, 5.41) is 18.3. The number of hydrogen-bond acceptors (Lipinski definition) is 3. The Morgan fingerprint density at radius 1 is 1.10 bits per heavy atom. The number of ether oxygens (including phenoxy) is 1. The molecule has 0 atom stereocenters. The van der Waals surface area contributed by atoms with Crippen LogP contribution in [0.15, 0.2) is 42.5 Å². The molecular formula is C18H19NO2. The highest BCUT2D eigenvalue weighted by atomic mass is 16.5. The monoisotopic (exact) mass is 281 g/mol.